The number of carboxylic acid groups (broad SMARTS) is 1. The van der Waals surface area contributed by atoms with Gasteiger partial charge < -0.3 is 46.4 Å². The predicted molar refractivity (Wildman–Crippen MR) is 193 cm³/mol. The standard InChI is InChI=1S/C33H43N9O11S2/c1-32(2)27(29(45)42(32)53-55(48,49)50)38-28(44)26(23-17-54-31(35)37-23)39-52-33(3,30(46)47)25-7-5-20-10-19(4-6-24(20)51-25)21-14-40(13-18-8-9-36-12-18)41(15-21)16-22(43)11-34/h4,6,10,14-15,17-18,22,25,27,36,43H,5,7-9,11-13,16,34H2,1-3H3,(H4-,35,37,38,44,46,47,48,49,50)/b39-26-/t18-,22?,25-,27-,33?/m1/s1. The molecule has 2 aromatic heterocycles. The number of fused-ring (bicyclic) bond motifs is 1. The number of aromatic nitrogens is 3. The van der Waals surface area contributed by atoms with E-state index in [0.29, 0.717) is 29.7 Å². The number of carbonyl (C=O) groups is 3. The van der Waals surface area contributed by atoms with E-state index < -0.39 is 63.3 Å². The summed E-state index contributed by atoms with van der Waals surface area (Å²) in [6, 6.07) is 4.21. The molecule has 8 N–H and O–H groups in total. The Morgan fingerprint density at radius 2 is 2.09 bits per heavy atom. The fourth-order valence-corrected chi connectivity index (χ4v) is 7.74. The molecule has 6 rings (SSSR count). The van der Waals surface area contributed by atoms with E-state index in [2.05, 4.69) is 29.7 Å². The highest BCUT2D eigenvalue weighted by Gasteiger charge is 2.58. The first-order chi connectivity index (χ1) is 25.9. The van der Waals surface area contributed by atoms with Crippen LogP contribution >= 0.6 is 11.3 Å². The number of thiazole rings is 1. The third-order valence-electron chi connectivity index (χ3n) is 9.99. The Labute approximate surface area is 319 Å². The molecule has 2 saturated heterocycles. The number of carbonyl (C=O) groups excluding carboxylic acids is 2. The number of nitrogens with zero attached hydrogens (tertiary/aromatic N) is 5. The molecular weight excluding hydrogens is 763 g/mol. The molecule has 5 atom stereocenters. The molecular formula is C33H43N9O11S2. The van der Waals surface area contributed by atoms with Gasteiger partial charge in [0.15, 0.2) is 23.5 Å². The van der Waals surface area contributed by atoms with Crippen LogP contribution in [0.1, 0.15) is 44.9 Å². The number of oxime groups is 1. The van der Waals surface area contributed by atoms with Crippen LogP contribution < -0.4 is 31.5 Å². The number of hydroxylamine groups is 2. The number of amides is 2. The van der Waals surface area contributed by atoms with Crippen LogP contribution in [0.15, 0.2) is 41.1 Å². The number of nitrogens with two attached hydrogens (primary N) is 2. The largest absolute Gasteiger partial charge is 0.724 e. The second-order valence-corrected chi connectivity index (χ2v) is 16.2. The second kappa shape index (κ2) is 15.4. The average Bonchev–Trinajstić information content (AvgIpc) is 3.91. The van der Waals surface area contributed by atoms with Crippen molar-refractivity contribution in [1.82, 2.24) is 25.4 Å². The molecule has 0 saturated carbocycles. The van der Waals surface area contributed by atoms with Crippen molar-refractivity contribution in [3.05, 3.63) is 47.2 Å². The molecule has 298 valence electrons. The van der Waals surface area contributed by atoms with Crippen molar-refractivity contribution in [2.75, 3.05) is 25.4 Å². The number of aliphatic hydroxyl groups is 1. The third-order valence-corrected chi connectivity index (χ3v) is 11.0. The Morgan fingerprint density at radius 3 is 2.71 bits per heavy atom. The Kier molecular flexibility index (Phi) is 11.2. The summed E-state index contributed by atoms with van der Waals surface area (Å²) in [4.78, 5) is 48.7. The summed E-state index contributed by atoms with van der Waals surface area (Å²) in [5.41, 5.74) is 9.90. The van der Waals surface area contributed by atoms with Crippen LogP contribution in [0.25, 0.3) is 11.1 Å². The van der Waals surface area contributed by atoms with Crippen molar-refractivity contribution < 1.29 is 56.1 Å². The summed E-state index contributed by atoms with van der Waals surface area (Å²) < 4.78 is 47.8. The zero-order valence-electron chi connectivity index (χ0n) is 30.2. The molecule has 3 aliphatic rings. The third kappa shape index (κ3) is 8.44. The smallest absolute Gasteiger partial charge is 0.354 e. The minimum absolute atomic E-state index is 0.0500. The topological polar surface area (TPSA) is 290 Å². The first-order valence-corrected chi connectivity index (χ1v) is 19.6. The van der Waals surface area contributed by atoms with Crippen molar-refractivity contribution in [3.63, 3.8) is 0 Å². The molecule has 2 unspecified atom stereocenters. The molecule has 2 amide bonds. The maximum absolute atomic E-state index is 13.5. The number of nitrogen functional groups attached to an aromatic ring is 1. The number of β-lactam (4-membered cyclic amide) rings is 1. The van der Waals surface area contributed by atoms with E-state index in [0.717, 1.165) is 54.1 Å². The van der Waals surface area contributed by atoms with Crippen LogP contribution in [0.5, 0.6) is 5.75 Å². The average molecular weight is 806 g/mol. The number of anilines is 1. The maximum atomic E-state index is 13.5. The number of carboxylic acids is 1. The van der Waals surface area contributed by atoms with Gasteiger partial charge in [0, 0.05) is 24.4 Å². The van der Waals surface area contributed by atoms with E-state index in [1.807, 2.05) is 29.2 Å². The van der Waals surface area contributed by atoms with Crippen LogP contribution in [0.3, 0.4) is 0 Å². The fourth-order valence-electron chi connectivity index (χ4n) is 6.74. The van der Waals surface area contributed by atoms with Crippen molar-refractivity contribution in [2.45, 2.75) is 82.5 Å². The summed E-state index contributed by atoms with van der Waals surface area (Å²) in [6.07, 6.45) is 3.88. The van der Waals surface area contributed by atoms with Gasteiger partial charge in [-0.25, -0.2) is 18.2 Å². The highest BCUT2D eigenvalue weighted by Crippen LogP contribution is 2.37. The summed E-state index contributed by atoms with van der Waals surface area (Å²) in [5, 5.41) is 32.2. The van der Waals surface area contributed by atoms with E-state index in [1.54, 1.807) is 6.07 Å². The number of rotatable bonds is 15. The van der Waals surface area contributed by atoms with Gasteiger partial charge in [0.25, 0.3) is 17.4 Å². The van der Waals surface area contributed by atoms with Crippen LogP contribution in [0, 0.1) is 5.92 Å². The second-order valence-electron chi connectivity index (χ2n) is 14.4. The van der Waals surface area contributed by atoms with E-state index >= 15 is 0 Å². The fraction of sp³-hybridized carbons (Fsp3) is 0.515. The van der Waals surface area contributed by atoms with Gasteiger partial charge in [0.05, 0.1) is 23.4 Å². The van der Waals surface area contributed by atoms with Crippen LogP contribution in [0.4, 0.5) is 5.13 Å². The van der Waals surface area contributed by atoms with Gasteiger partial charge in [-0.05, 0) is 69.8 Å². The van der Waals surface area contributed by atoms with Crippen LogP contribution in [-0.2, 0) is 53.4 Å². The number of hydrogen-bond acceptors (Lipinski definition) is 16. The number of benzene rings is 1. The Morgan fingerprint density at radius 1 is 1.33 bits per heavy atom. The zero-order chi connectivity index (χ0) is 39.9. The van der Waals surface area contributed by atoms with Gasteiger partial charge in [-0.1, -0.05) is 11.2 Å². The summed E-state index contributed by atoms with van der Waals surface area (Å²) in [7, 11) is -5.29. The van der Waals surface area contributed by atoms with E-state index in [9.17, 15) is 37.6 Å². The molecule has 0 bridgehead atoms. The number of nitrogens with one attached hydrogen (secondary N) is 2. The molecule has 1 aromatic carbocycles. The Bertz CT molecular complexity index is 2100. The number of aliphatic hydroxyl groups excluding tert-OH is 1. The number of ether oxygens (including phenoxy) is 1. The SMILES string of the molecule is CC(O/N=C(\C(=O)N[C@@H]1C(=O)N(OS(=O)(=O)[O-])C1(C)C)c1csc(N)n1)(C(=O)O)[C@H]1CCc2cc(-c3cn(CC(O)CN)[n+](C[C@@H]4CCNC4)c3)ccc2O1. The van der Waals surface area contributed by atoms with Crippen molar-refractivity contribution in [1.29, 1.82) is 0 Å². The molecule has 5 heterocycles. The monoisotopic (exact) mass is 805 g/mol. The Balaban J connectivity index is 1.21. The lowest BCUT2D eigenvalue weighted by Gasteiger charge is -2.51. The van der Waals surface area contributed by atoms with Gasteiger partial charge in [0.2, 0.25) is 16.6 Å². The minimum atomic E-state index is -5.29. The molecule has 2 fully saturated rings. The highest BCUT2D eigenvalue weighted by molar-refractivity contribution is 7.80. The van der Waals surface area contributed by atoms with Gasteiger partial charge in [0.1, 0.15) is 24.0 Å². The predicted octanol–water partition coefficient (Wildman–Crippen LogP) is -1.13. The summed E-state index contributed by atoms with van der Waals surface area (Å²) >= 11 is 0.959. The first-order valence-electron chi connectivity index (χ1n) is 17.4. The molecule has 0 spiro atoms. The molecule has 0 aliphatic carbocycles. The summed E-state index contributed by atoms with van der Waals surface area (Å²) in [5.74, 6) is -2.62. The lowest BCUT2D eigenvalue weighted by Crippen LogP contribution is -2.76. The van der Waals surface area contributed by atoms with E-state index in [1.165, 1.54) is 26.2 Å². The Hall–Kier alpha value is -4.71. The van der Waals surface area contributed by atoms with Crippen molar-refractivity contribution in [3.8, 4) is 16.9 Å². The number of aryl methyl sites for hydroxylation is 1. The van der Waals surface area contributed by atoms with Crippen LogP contribution in [-0.4, -0.2) is 110 Å². The van der Waals surface area contributed by atoms with Crippen LogP contribution in [0.2, 0.25) is 0 Å². The summed E-state index contributed by atoms with van der Waals surface area (Å²) in [6.45, 7) is 7.05. The lowest BCUT2D eigenvalue weighted by atomic mass is 9.84. The highest BCUT2D eigenvalue weighted by atomic mass is 32.3. The first kappa shape index (κ1) is 40.0. The molecule has 55 heavy (non-hydrogen) atoms. The van der Waals surface area contributed by atoms with Gasteiger partial charge in [-0.2, -0.15) is 14.0 Å². The van der Waals surface area contributed by atoms with Gasteiger partial charge in [-0.3, -0.25) is 9.59 Å². The van der Waals surface area contributed by atoms with Crippen molar-refractivity contribution in [2.24, 2.45) is 16.8 Å². The van der Waals surface area contributed by atoms with Gasteiger partial charge >= 0.3 is 5.97 Å². The quantitative estimate of drug-likeness (QED) is 0.0265. The zero-order valence-corrected chi connectivity index (χ0v) is 31.8. The number of hydrogen-bond donors (Lipinski definition) is 6. The van der Waals surface area contributed by atoms with E-state index in [-0.39, 0.29) is 23.8 Å². The molecule has 3 aliphatic heterocycles. The van der Waals surface area contributed by atoms with Gasteiger partial charge in [-0.15, -0.1) is 16.0 Å². The van der Waals surface area contributed by atoms with E-state index in [4.69, 9.17) is 21.0 Å². The van der Waals surface area contributed by atoms with Crippen molar-refractivity contribution >= 4 is 50.4 Å². The normalized spacial score (nSPS) is 22.6. The molecule has 20 nitrogen and oxygen atoms in total. The molecule has 22 heteroatoms. The minimum Gasteiger partial charge on any atom is -0.724 e. The maximum Gasteiger partial charge on any atom is 0.354 e. The molecule has 3 aromatic rings. The number of aliphatic carboxylic acids is 1. The lowest BCUT2D eigenvalue weighted by molar-refractivity contribution is -0.780. The molecule has 0 radical (unpaired) electrons.